The Morgan fingerprint density at radius 1 is 1.12 bits per heavy atom. The van der Waals surface area contributed by atoms with Crippen LogP contribution in [0.25, 0.3) is 22.1 Å². The number of aryl methyl sites for hydroxylation is 2. The number of ether oxygens (including phenoxy) is 2. The fourth-order valence-electron chi connectivity index (χ4n) is 3.20. The average Bonchev–Trinajstić information content (AvgIpc) is 3.01. The normalized spacial score (nSPS) is 10.9. The lowest BCUT2D eigenvalue weighted by Crippen LogP contribution is -2.06. The summed E-state index contributed by atoms with van der Waals surface area (Å²) in [4.78, 5) is 12.4. The maximum absolute atomic E-state index is 12.4. The van der Waals surface area contributed by atoms with Crippen LogP contribution < -0.4 is 4.74 Å². The summed E-state index contributed by atoms with van der Waals surface area (Å²) in [5.74, 6) is 0.803. The number of furan rings is 1. The summed E-state index contributed by atoms with van der Waals surface area (Å²) in [5.41, 5.74) is 3.20. The Kier molecular flexibility index (Phi) is 4.79. The van der Waals surface area contributed by atoms with Gasteiger partial charge >= 0.3 is 5.97 Å². The van der Waals surface area contributed by atoms with Gasteiger partial charge in [-0.2, -0.15) is 0 Å². The Hall–Kier alpha value is -2.75. The number of benzene rings is 2. The molecular formula is C21H22O4. The van der Waals surface area contributed by atoms with E-state index in [1.54, 1.807) is 20.3 Å². The van der Waals surface area contributed by atoms with Crippen LogP contribution in [0.1, 0.15) is 35.3 Å². The van der Waals surface area contributed by atoms with E-state index < -0.39 is 0 Å². The first-order chi connectivity index (χ1) is 12.1. The summed E-state index contributed by atoms with van der Waals surface area (Å²) in [6, 6.07) is 10.2. The number of esters is 1. The molecule has 0 aliphatic carbocycles. The fourth-order valence-corrected chi connectivity index (χ4v) is 3.20. The number of hydrogen-bond acceptors (Lipinski definition) is 4. The predicted molar refractivity (Wildman–Crippen MR) is 98.3 cm³/mol. The number of fused-ring (bicyclic) bond motifs is 1. The van der Waals surface area contributed by atoms with E-state index in [2.05, 4.69) is 19.1 Å². The minimum Gasteiger partial charge on any atom is -0.495 e. The van der Waals surface area contributed by atoms with E-state index >= 15 is 0 Å². The van der Waals surface area contributed by atoms with Gasteiger partial charge in [-0.05, 0) is 37.3 Å². The molecule has 130 valence electrons. The molecule has 0 amide bonds. The molecular weight excluding hydrogens is 316 g/mol. The van der Waals surface area contributed by atoms with E-state index in [1.807, 2.05) is 25.1 Å². The molecule has 3 rings (SSSR count). The SMILES string of the molecule is CCOC(=O)c1c(C)coc1-c1ccc2c(CC)cccc2c1OC. The van der Waals surface area contributed by atoms with Crippen molar-refractivity contribution in [3.63, 3.8) is 0 Å². The summed E-state index contributed by atoms with van der Waals surface area (Å²) >= 11 is 0. The predicted octanol–water partition coefficient (Wildman–Crippen LogP) is 5.16. The van der Waals surface area contributed by atoms with Crippen molar-refractivity contribution >= 4 is 16.7 Å². The van der Waals surface area contributed by atoms with Crippen LogP contribution in [-0.4, -0.2) is 19.7 Å². The third kappa shape index (κ3) is 2.88. The topological polar surface area (TPSA) is 48.7 Å². The van der Waals surface area contributed by atoms with Gasteiger partial charge in [0.25, 0.3) is 0 Å². The Bertz CT molecular complexity index is 921. The zero-order valence-electron chi connectivity index (χ0n) is 15.0. The number of rotatable bonds is 5. The van der Waals surface area contributed by atoms with Crippen LogP contribution in [0.3, 0.4) is 0 Å². The summed E-state index contributed by atoms with van der Waals surface area (Å²) in [6.45, 7) is 6.07. The Morgan fingerprint density at radius 2 is 1.92 bits per heavy atom. The van der Waals surface area contributed by atoms with Gasteiger partial charge in [-0.25, -0.2) is 4.79 Å². The molecule has 0 spiro atoms. The number of methoxy groups -OCH3 is 1. The van der Waals surface area contributed by atoms with Crippen LogP contribution in [0.15, 0.2) is 41.0 Å². The lowest BCUT2D eigenvalue weighted by molar-refractivity contribution is 0.0526. The number of hydrogen-bond donors (Lipinski definition) is 0. The Labute approximate surface area is 147 Å². The fraction of sp³-hybridized carbons (Fsp3) is 0.286. The van der Waals surface area contributed by atoms with Gasteiger partial charge < -0.3 is 13.9 Å². The summed E-state index contributed by atoms with van der Waals surface area (Å²) in [6.07, 6.45) is 2.52. The second-order valence-electron chi connectivity index (χ2n) is 5.86. The maximum atomic E-state index is 12.4. The standard InChI is InChI=1S/C21H22O4/c1-5-14-8-7-9-16-15(14)10-11-17(19(16)23-4)20-18(13(3)12-25-20)21(22)24-6-2/h7-12H,5-6H2,1-4H3. The van der Waals surface area contributed by atoms with Gasteiger partial charge in [0.05, 0.1) is 25.5 Å². The van der Waals surface area contributed by atoms with Crippen molar-refractivity contribution in [3.05, 3.63) is 53.3 Å². The first-order valence-corrected chi connectivity index (χ1v) is 8.46. The monoisotopic (exact) mass is 338 g/mol. The maximum Gasteiger partial charge on any atom is 0.342 e. The highest BCUT2D eigenvalue weighted by atomic mass is 16.5. The average molecular weight is 338 g/mol. The smallest absolute Gasteiger partial charge is 0.342 e. The molecule has 0 saturated heterocycles. The largest absolute Gasteiger partial charge is 0.495 e. The van der Waals surface area contributed by atoms with Crippen molar-refractivity contribution in [1.29, 1.82) is 0 Å². The van der Waals surface area contributed by atoms with Gasteiger partial charge in [0.2, 0.25) is 0 Å². The lowest BCUT2D eigenvalue weighted by atomic mass is 9.97. The van der Waals surface area contributed by atoms with Crippen LogP contribution in [0.2, 0.25) is 0 Å². The van der Waals surface area contributed by atoms with Gasteiger partial charge in [-0.1, -0.05) is 31.2 Å². The molecule has 1 heterocycles. The van der Waals surface area contributed by atoms with Crippen molar-refractivity contribution in [2.45, 2.75) is 27.2 Å². The van der Waals surface area contributed by atoms with Crippen LogP contribution >= 0.6 is 0 Å². The minimum absolute atomic E-state index is 0.317. The third-order valence-corrected chi connectivity index (χ3v) is 4.39. The second-order valence-corrected chi connectivity index (χ2v) is 5.86. The highest BCUT2D eigenvalue weighted by Gasteiger charge is 2.24. The molecule has 0 radical (unpaired) electrons. The zero-order valence-corrected chi connectivity index (χ0v) is 15.0. The van der Waals surface area contributed by atoms with E-state index in [0.717, 1.165) is 28.3 Å². The molecule has 0 N–H and O–H groups in total. The first kappa shape index (κ1) is 17.1. The van der Waals surface area contributed by atoms with Crippen LogP contribution in [0.5, 0.6) is 5.75 Å². The summed E-state index contributed by atoms with van der Waals surface area (Å²) in [5, 5.41) is 2.15. The molecule has 0 bridgehead atoms. The molecule has 1 aromatic heterocycles. The van der Waals surface area contributed by atoms with Gasteiger partial charge in [-0.3, -0.25) is 0 Å². The van der Waals surface area contributed by atoms with Gasteiger partial charge in [0, 0.05) is 10.9 Å². The quantitative estimate of drug-likeness (QED) is 0.603. The van der Waals surface area contributed by atoms with Gasteiger partial charge in [0.15, 0.2) is 5.76 Å². The molecule has 2 aromatic carbocycles. The highest BCUT2D eigenvalue weighted by molar-refractivity contribution is 6.02. The van der Waals surface area contributed by atoms with E-state index in [9.17, 15) is 4.79 Å². The van der Waals surface area contributed by atoms with E-state index in [4.69, 9.17) is 13.9 Å². The molecule has 25 heavy (non-hydrogen) atoms. The highest BCUT2D eigenvalue weighted by Crippen LogP contribution is 2.40. The lowest BCUT2D eigenvalue weighted by Gasteiger charge is -2.13. The van der Waals surface area contributed by atoms with E-state index in [0.29, 0.717) is 23.7 Å². The van der Waals surface area contributed by atoms with Crippen LogP contribution in [0, 0.1) is 6.92 Å². The molecule has 0 unspecified atom stereocenters. The van der Waals surface area contributed by atoms with Crippen molar-refractivity contribution in [3.8, 4) is 17.1 Å². The third-order valence-electron chi connectivity index (χ3n) is 4.39. The molecule has 3 aromatic rings. The molecule has 4 heteroatoms. The van der Waals surface area contributed by atoms with Gasteiger partial charge in [0.1, 0.15) is 11.3 Å². The van der Waals surface area contributed by atoms with Crippen molar-refractivity contribution < 1.29 is 18.7 Å². The van der Waals surface area contributed by atoms with Crippen molar-refractivity contribution in [1.82, 2.24) is 0 Å². The Morgan fingerprint density at radius 3 is 2.60 bits per heavy atom. The summed E-state index contributed by atoms with van der Waals surface area (Å²) < 4.78 is 16.6. The minimum atomic E-state index is -0.381. The first-order valence-electron chi connectivity index (χ1n) is 8.46. The van der Waals surface area contributed by atoms with E-state index in [1.165, 1.54) is 5.56 Å². The molecule has 0 atom stereocenters. The zero-order chi connectivity index (χ0) is 18.0. The molecule has 0 aliphatic rings. The van der Waals surface area contributed by atoms with Crippen molar-refractivity contribution in [2.75, 3.05) is 13.7 Å². The molecule has 0 aliphatic heterocycles. The number of carbonyl (C=O) groups excluding carboxylic acids is 1. The Balaban J connectivity index is 2.26. The van der Waals surface area contributed by atoms with E-state index in [-0.39, 0.29) is 5.97 Å². The van der Waals surface area contributed by atoms with Gasteiger partial charge in [-0.15, -0.1) is 0 Å². The molecule has 0 saturated carbocycles. The van der Waals surface area contributed by atoms with Crippen molar-refractivity contribution in [2.24, 2.45) is 0 Å². The second kappa shape index (κ2) is 7.01. The molecule has 4 nitrogen and oxygen atoms in total. The van der Waals surface area contributed by atoms with Crippen LogP contribution in [0.4, 0.5) is 0 Å². The van der Waals surface area contributed by atoms with Crippen LogP contribution in [-0.2, 0) is 11.2 Å². The molecule has 0 fully saturated rings. The number of carbonyl (C=O) groups is 1. The summed E-state index contributed by atoms with van der Waals surface area (Å²) in [7, 11) is 1.64.